The summed E-state index contributed by atoms with van der Waals surface area (Å²) in [6.45, 7) is 4.13. The van der Waals surface area contributed by atoms with Crippen molar-refractivity contribution in [3.63, 3.8) is 0 Å². The monoisotopic (exact) mass is 270 g/mol. The summed E-state index contributed by atoms with van der Waals surface area (Å²) >= 11 is 0. The van der Waals surface area contributed by atoms with Gasteiger partial charge in [-0.15, -0.1) is 0 Å². The summed E-state index contributed by atoms with van der Waals surface area (Å²) in [7, 11) is 3.94. The lowest BCUT2D eigenvalue weighted by Crippen LogP contribution is -2.50. The number of aromatic nitrogens is 1. The van der Waals surface area contributed by atoms with Crippen molar-refractivity contribution >= 4 is 16.7 Å². The Labute approximate surface area is 120 Å². The van der Waals surface area contributed by atoms with E-state index in [0.717, 1.165) is 23.7 Å². The molecule has 0 amide bonds. The van der Waals surface area contributed by atoms with E-state index in [1.807, 2.05) is 49.3 Å². The van der Waals surface area contributed by atoms with Crippen molar-refractivity contribution in [3.05, 3.63) is 42.1 Å². The highest BCUT2D eigenvalue weighted by Crippen LogP contribution is 2.27. The fourth-order valence-electron chi connectivity index (χ4n) is 2.87. The van der Waals surface area contributed by atoms with Crippen LogP contribution in [0.5, 0.6) is 0 Å². The molecule has 0 aliphatic heterocycles. The maximum absolute atomic E-state index is 12.9. The first-order valence-corrected chi connectivity index (χ1v) is 7.12. The number of nitrogens with zero attached hydrogens (tertiary/aromatic N) is 2. The SMILES string of the molecule is CCC(CC)(C(=O)c1cnc2ccccc2c1)N(C)C. The van der Waals surface area contributed by atoms with Gasteiger partial charge in [-0.25, -0.2) is 0 Å². The second-order valence-electron chi connectivity index (χ2n) is 5.38. The number of hydrogen-bond donors (Lipinski definition) is 0. The van der Waals surface area contributed by atoms with E-state index in [0.29, 0.717) is 5.56 Å². The van der Waals surface area contributed by atoms with Crippen LogP contribution in [0.2, 0.25) is 0 Å². The predicted molar refractivity (Wildman–Crippen MR) is 83.1 cm³/mol. The topological polar surface area (TPSA) is 33.2 Å². The number of benzene rings is 1. The minimum absolute atomic E-state index is 0.158. The molecule has 2 rings (SSSR count). The fourth-order valence-corrected chi connectivity index (χ4v) is 2.87. The van der Waals surface area contributed by atoms with E-state index < -0.39 is 5.54 Å². The van der Waals surface area contributed by atoms with E-state index in [4.69, 9.17) is 0 Å². The summed E-state index contributed by atoms with van der Waals surface area (Å²) in [4.78, 5) is 19.4. The van der Waals surface area contributed by atoms with Crippen molar-refractivity contribution in [2.45, 2.75) is 32.2 Å². The first-order valence-electron chi connectivity index (χ1n) is 7.12. The van der Waals surface area contributed by atoms with Crippen LogP contribution in [-0.4, -0.2) is 35.3 Å². The number of hydrogen-bond acceptors (Lipinski definition) is 3. The van der Waals surface area contributed by atoms with Gasteiger partial charge in [0.15, 0.2) is 5.78 Å². The Bertz CT molecular complexity index is 615. The minimum atomic E-state index is -0.440. The Balaban J connectivity index is 2.49. The van der Waals surface area contributed by atoms with Gasteiger partial charge in [0.2, 0.25) is 0 Å². The van der Waals surface area contributed by atoms with Crippen molar-refractivity contribution < 1.29 is 4.79 Å². The maximum atomic E-state index is 12.9. The van der Waals surface area contributed by atoms with Crippen LogP contribution in [0.4, 0.5) is 0 Å². The molecule has 0 saturated heterocycles. The molecule has 1 aromatic heterocycles. The number of rotatable bonds is 5. The van der Waals surface area contributed by atoms with Crippen molar-refractivity contribution in [3.8, 4) is 0 Å². The summed E-state index contributed by atoms with van der Waals surface area (Å²) in [6, 6.07) is 9.83. The van der Waals surface area contributed by atoms with E-state index in [1.165, 1.54) is 0 Å². The van der Waals surface area contributed by atoms with Crippen LogP contribution in [0.15, 0.2) is 36.5 Å². The smallest absolute Gasteiger partial charge is 0.184 e. The number of pyridine rings is 1. The van der Waals surface area contributed by atoms with Crippen molar-refractivity contribution in [1.82, 2.24) is 9.88 Å². The molecule has 3 nitrogen and oxygen atoms in total. The van der Waals surface area contributed by atoms with Gasteiger partial charge in [-0.3, -0.25) is 14.7 Å². The summed E-state index contributed by atoms with van der Waals surface area (Å²) in [5.41, 5.74) is 1.18. The Kier molecular flexibility index (Phi) is 4.19. The average molecular weight is 270 g/mol. The Morgan fingerprint density at radius 1 is 1.20 bits per heavy atom. The molecule has 0 atom stereocenters. The highest BCUT2D eigenvalue weighted by atomic mass is 16.1. The van der Waals surface area contributed by atoms with Gasteiger partial charge >= 0.3 is 0 Å². The van der Waals surface area contributed by atoms with Gasteiger partial charge in [-0.2, -0.15) is 0 Å². The van der Waals surface area contributed by atoms with E-state index in [-0.39, 0.29) is 5.78 Å². The average Bonchev–Trinajstić information content (AvgIpc) is 2.48. The van der Waals surface area contributed by atoms with Crippen molar-refractivity contribution in [2.75, 3.05) is 14.1 Å². The third kappa shape index (κ3) is 2.34. The molecule has 0 bridgehead atoms. The predicted octanol–water partition coefficient (Wildman–Crippen LogP) is 3.54. The summed E-state index contributed by atoms with van der Waals surface area (Å²) in [5.74, 6) is 0.158. The quantitative estimate of drug-likeness (QED) is 0.779. The lowest BCUT2D eigenvalue weighted by Gasteiger charge is -2.37. The van der Waals surface area contributed by atoms with Crippen LogP contribution in [0.3, 0.4) is 0 Å². The Morgan fingerprint density at radius 3 is 2.45 bits per heavy atom. The molecule has 20 heavy (non-hydrogen) atoms. The standard InChI is InChI=1S/C17H22N2O/c1-5-17(6-2,19(3)4)16(20)14-11-13-9-7-8-10-15(13)18-12-14/h7-12H,5-6H2,1-4H3. The minimum Gasteiger partial charge on any atom is -0.297 e. The normalized spacial score (nSPS) is 12.1. The van der Waals surface area contributed by atoms with Gasteiger partial charge in [0, 0.05) is 17.1 Å². The highest BCUT2D eigenvalue weighted by Gasteiger charge is 2.37. The van der Waals surface area contributed by atoms with Crippen LogP contribution >= 0.6 is 0 Å². The van der Waals surface area contributed by atoms with Gasteiger partial charge in [0.1, 0.15) is 0 Å². The third-order valence-electron chi connectivity index (χ3n) is 4.30. The summed E-state index contributed by atoms with van der Waals surface area (Å²) < 4.78 is 0. The zero-order valence-electron chi connectivity index (χ0n) is 12.7. The van der Waals surface area contributed by atoms with Crippen molar-refractivity contribution in [2.24, 2.45) is 0 Å². The number of fused-ring (bicyclic) bond motifs is 1. The highest BCUT2D eigenvalue weighted by molar-refractivity contribution is 6.04. The Morgan fingerprint density at radius 2 is 1.85 bits per heavy atom. The molecular formula is C17H22N2O. The zero-order chi connectivity index (χ0) is 14.8. The molecule has 0 fully saturated rings. The number of likely N-dealkylation sites (N-methyl/N-ethyl adjacent to an activating group) is 1. The second kappa shape index (κ2) is 5.71. The zero-order valence-corrected chi connectivity index (χ0v) is 12.7. The molecule has 3 heteroatoms. The number of carbonyl (C=O) groups excluding carboxylic acids is 1. The summed E-state index contributed by atoms with van der Waals surface area (Å²) in [6.07, 6.45) is 3.29. The van der Waals surface area contributed by atoms with E-state index in [1.54, 1.807) is 6.20 Å². The third-order valence-corrected chi connectivity index (χ3v) is 4.30. The molecule has 0 aliphatic carbocycles. The largest absolute Gasteiger partial charge is 0.297 e. The van der Waals surface area contributed by atoms with Crippen LogP contribution < -0.4 is 0 Å². The van der Waals surface area contributed by atoms with Crippen molar-refractivity contribution in [1.29, 1.82) is 0 Å². The van der Waals surface area contributed by atoms with Crippen LogP contribution in [-0.2, 0) is 0 Å². The molecule has 2 aromatic rings. The molecule has 0 aliphatic rings. The van der Waals surface area contributed by atoms with Gasteiger partial charge in [0.05, 0.1) is 11.1 Å². The lowest BCUT2D eigenvalue weighted by molar-refractivity contribution is 0.0656. The van der Waals surface area contributed by atoms with Gasteiger partial charge in [-0.05, 0) is 39.1 Å². The van der Waals surface area contributed by atoms with Gasteiger partial charge < -0.3 is 0 Å². The molecular weight excluding hydrogens is 248 g/mol. The lowest BCUT2D eigenvalue weighted by atomic mass is 9.83. The number of Topliss-reactive ketones (excluding diaryl/α,β-unsaturated/α-hetero) is 1. The number of carbonyl (C=O) groups is 1. The fraction of sp³-hybridized carbons (Fsp3) is 0.412. The molecule has 1 heterocycles. The first-order chi connectivity index (χ1) is 9.55. The molecule has 0 N–H and O–H groups in total. The van der Waals surface area contributed by atoms with Gasteiger partial charge in [-0.1, -0.05) is 32.0 Å². The molecule has 0 unspecified atom stereocenters. The first kappa shape index (κ1) is 14.7. The maximum Gasteiger partial charge on any atom is 0.184 e. The molecule has 1 aromatic carbocycles. The van der Waals surface area contributed by atoms with E-state index in [2.05, 4.69) is 18.8 Å². The van der Waals surface area contributed by atoms with E-state index >= 15 is 0 Å². The summed E-state index contributed by atoms with van der Waals surface area (Å²) in [5, 5.41) is 1.01. The van der Waals surface area contributed by atoms with Crippen LogP contribution in [0, 0.1) is 0 Å². The molecule has 106 valence electrons. The Hall–Kier alpha value is -1.74. The number of para-hydroxylation sites is 1. The van der Waals surface area contributed by atoms with Crippen LogP contribution in [0.1, 0.15) is 37.0 Å². The second-order valence-corrected chi connectivity index (χ2v) is 5.38. The van der Waals surface area contributed by atoms with Crippen LogP contribution in [0.25, 0.3) is 10.9 Å². The number of ketones is 1. The van der Waals surface area contributed by atoms with Gasteiger partial charge in [0.25, 0.3) is 0 Å². The molecule has 0 saturated carbocycles. The molecule has 0 radical (unpaired) electrons. The molecule has 0 spiro atoms. The van der Waals surface area contributed by atoms with E-state index in [9.17, 15) is 4.79 Å².